The normalized spacial score (nSPS) is 18.2. The van der Waals surface area contributed by atoms with Crippen LogP contribution in [0.1, 0.15) is 29.6 Å². The smallest absolute Gasteiger partial charge is 0.337 e. The van der Waals surface area contributed by atoms with Gasteiger partial charge in [0.2, 0.25) is 0 Å². The topological polar surface area (TPSA) is 56.8 Å². The van der Waals surface area contributed by atoms with E-state index in [0.29, 0.717) is 24.9 Å². The highest BCUT2D eigenvalue weighted by molar-refractivity contribution is 5.89. The molecule has 1 aromatic rings. The Labute approximate surface area is 125 Å². The minimum absolute atomic E-state index is 0.337. The molecule has 1 unspecified atom stereocenters. The van der Waals surface area contributed by atoms with E-state index in [4.69, 9.17) is 9.47 Å². The van der Waals surface area contributed by atoms with Crippen molar-refractivity contribution in [3.8, 4) is 5.75 Å². The van der Waals surface area contributed by atoms with Gasteiger partial charge in [-0.3, -0.25) is 0 Å². The van der Waals surface area contributed by atoms with Crippen LogP contribution >= 0.6 is 0 Å². The second kappa shape index (κ2) is 8.64. The number of hydrogen-bond acceptors (Lipinski definition) is 5. The van der Waals surface area contributed by atoms with Crippen LogP contribution in [0, 0.1) is 0 Å². The van der Waals surface area contributed by atoms with Gasteiger partial charge in [-0.2, -0.15) is 0 Å². The van der Waals surface area contributed by atoms with Gasteiger partial charge in [0.15, 0.2) is 0 Å². The second-order valence-electron chi connectivity index (χ2n) is 5.06. The molecule has 0 radical (unpaired) electrons. The zero-order valence-electron chi connectivity index (χ0n) is 12.5. The van der Waals surface area contributed by atoms with Gasteiger partial charge < -0.3 is 19.5 Å². The molecule has 2 rings (SSSR count). The first-order valence-corrected chi connectivity index (χ1v) is 7.43. The van der Waals surface area contributed by atoms with Crippen molar-refractivity contribution in [1.29, 1.82) is 0 Å². The van der Waals surface area contributed by atoms with E-state index in [1.54, 1.807) is 24.3 Å². The highest BCUT2D eigenvalue weighted by Gasteiger charge is 2.12. The van der Waals surface area contributed by atoms with Gasteiger partial charge in [0.05, 0.1) is 32.0 Å². The number of methoxy groups -OCH3 is 1. The molecule has 1 heterocycles. The van der Waals surface area contributed by atoms with Crippen LogP contribution in [0.3, 0.4) is 0 Å². The Hall–Kier alpha value is -1.59. The summed E-state index contributed by atoms with van der Waals surface area (Å²) in [5, 5.41) is 3.33. The number of ether oxygens (including phenoxy) is 3. The Balaban J connectivity index is 1.61. The maximum absolute atomic E-state index is 11.3. The van der Waals surface area contributed by atoms with Gasteiger partial charge >= 0.3 is 5.97 Å². The molecule has 116 valence electrons. The monoisotopic (exact) mass is 293 g/mol. The van der Waals surface area contributed by atoms with E-state index in [1.165, 1.54) is 13.5 Å². The first kappa shape index (κ1) is 15.8. The van der Waals surface area contributed by atoms with Crippen molar-refractivity contribution in [1.82, 2.24) is 5.32 Å². The Kier molecular flexibility index (Phi) is 6.50. The molecule has 1 fully saturated rings. The predicted octanol–water partition coefficient (Wildman–Crippen LogP) is 2.01. The summed E-state index contributed by atoms with van der Waals surface area (Å²) in [6.07, 6.45) is 3.53. The standard InChI is InChI=1S/C16H23NO4/c1-19-16(18)13-5-7-14(8-6-13)20-10-3-11-21-15-4-2-9-17-12-15/h5-8,15,17H,2-4,9-12H2,1H3. The number of hydrogen-bond donors (Lipinski definition) is 1. The molecule has 1 saturated heterocycles. The fourth-order valence-electron chi connectivity index (χ4n) is 2.27. The van der Waals surface area contributed by atoms with Crippen LogP contribution < -0.4 is 10.1 Å². The number of nitrogens with one attached hydrogen (secondary N) is 1. The number of piperidine rings is 1. The molecule has 21 heavy (non-hydrogen) atoms. The third-order valence-electron chi connectivity index (χ3n) is 3.44. The molecule has 1 aromatic carbocycles. The SMILES string of the molecule is COC(=O)c1ccc(OCCCOC2CCCNC2)cc1. The van der Waals surface area contributed by atoms with Crippen molar-refractivity contribution in [2.75, 3.05) is 33.4 Å². The maximum Gasteiger partial charge on any atom is 0.337 e. The zero-order valence-corrected chi connectivity index (χ0v) is 12.5. The van der Waals surface area contributed by atoms with Crippen LogP contribution in [0.5, 0.6) is 5.75 Å². The maximum atomic E-state index is 11.3. The van der Waals surface area contributed by atoms with Crippen molar-refractivity contribution < 1.29 is 19.0 Å². The third-order valence-corrected chi connectivity index (χ3v) is 3.44. The third kappa shape index (κ3) is 5.36. The molecule has 1 atom stereocenters. The largest absolute Gasteiger partial charge is 0.494 e. The lowest BCUT2D eigenvalue weighted by Gasteiger charge is -2.23. The fraction of sp³-hybridized carbons (Fsp3) is 0.562. The summed E-state index contributed by atoms with van der Waals surface area (Å²) >= 11 is 0. The summed E-state index contributed by atoms with van der Waals surface area (Å²) in [7, 11) is 1.37. The molecular weight excluding hydrogens is 270 g/mol. The molecule has 1 N–H and O–H groups in total. The summed E-state index contributed by atoms with van der Waals surface area (Å²) in [5.41, 5.74) is 0.526. The van der Waals surface area contributed by atoms with Crippen molar-refractivity contribution in [2.45, 2.75) is 25.4 Å². The molecule has 1 aliphatic rings. The molecule has 0 aliphatic carbocycles. The van der Waals surface area contributed by atoms with Crippen molar-refractivity contribution in [3.63, 3.8) is 0 Å². The van der Waals surface area contributed by atoms with E-state index in [0.717, 1.165) is 31.7 Å². The van der Waals surface area contributed by atoms with E-state index in [1.807, 2.05) is 0 Å². The van der Waals surface area contributed by atoms with Crippen LogP contribution in [-0.2, 0) is 9.47 Å². The Morgan fingerprint density at radius 1 is 1.29 bits per heavy atom. The van der Waals surface area contributed by atoms with Crippen molar-refractivity contribution in [3.05, 3.63) is 29.8 Å². The predicted molar refractivity (Wildman–Crippen MR) is 79.7 cm³/mol. The van der Waals surface area contributed by atoms with Gasteiger partial charge in [0.1, 0.15) is 5.75 Å². The van der Waals surface area contributed by atoms with Crippen LogP contribution in [0.25, 0.3) is 0 Å². The minimum atomic E-state index is -0.337. The summed E-state index contributed by atoms with van der Waals surface area (Å²) in [5.74, 6) is 0.415. The number of carbonyl (C=O) groups excluding carboxylic acids is 1. The Bertz CT molecular complexity index is 426. The highest BCUT2D eigenvalue weighted by Crippen LogP contribution is 2.13. The number of esters is 1. The van der Waals surface area contributed by atoms with Gasteiger partial charge in [-0.1, -0.05) is 0 Å². The minimum Gasteiger partial charge on any atom is -0.494 e. The fourth-order valence-corrected chi connectivity index (χ4v) is 2.27. The number of benzene rings is 1. The summed E-state index contributed by atoms with van der Waals surface area (Å²) < 4.78 is 16.0. The van der Waals surface area contributed by atoms with E-state index < -0.39 is 0 Å². The highest BCUT2D eigenvalue weighted by atomic mass is 16.5. The lowest BCUT2D eigenvalue weighted by atomic mass is 10.1. The van der Waals surface area contributed by atoms with Gasteiger partial charge in [0, 0.05) is 13.0 Å². The van der Waals surface area contributed by atoms with E-state index >= 15 is 0 Å². The Morgan fingerprint density at radius 3 is 2.76 bits per heavy atom. The lowest BCUT2D eigenvalue weighted by molar-refractivity contribution is 0.0308. The molecular formula is C16H23NO4. The quantitative estimate of drug-likeness (QED) is 0.615. The van der Waals surface area contributed by atoms with Gasteiger partial charge in [-0.15, -0.1) is 0 Å². The molecule has 0 amide bonds. The van der Waals surface area contributed by atoms with Crippen LogP contribution in [0.4, 0.5) is 0 Å². The number of carbonyl (C=O) groups is 1. The first-order valence-electron chi connectivity index (χ1n) is 7.43. The second-order valence-corrected chi connectivity index (χ2v) is 5.06. The van der Waals surface area contributed by atoms with Gasteiger partial charge in [-0.25, -0.2) is 4.79 Å². The van der Waals surface area contributed by atoms with E-state index in [9.17, 15) is 4.79 Å². The molecule has 0 spiro atoms. The van der Waals surface area contributed by atoms with Gasteiger partial charge in [-0.05, 0) is 43.7 Å². The van der Waals surface area contributed by atoms with E-state index in [-0.39, 0.29) is 5.97 Å². The van der Waals surface area contributed by atoms with E-state index in [2.05, 4.69) is 10.1 Å². The first-order chi connectivity index (χ1) is 10.3. The summed E-state index contributed by atoms with van der Waals surface area (Å²) in [6, 6.07) is 6.95. The molecule has 5 heteroatoms. The van der Waals surface area contributed by atoms with Crippen LogP contribution in [0.2, 0.25) is 0 Å². The Morgan fingerprint density at radius 2 is 2.10 bits per heavy atom. The van der Waals surface area contributed by atoms with Crippen molar-refractivity contribution in [2.24, 2.45) is 0 Å². The number of rotatable bonds is 7. The zero-order chi connectivity index (χ0) is 14.9. The molecule has 1 aliphatic heterocycles. The lowest BCUT2D eigenvalue weighted by Crippen LogP contribution is -2.35. The average molecular weight is 293 g/mol. The molecule has 0 aromatic heterocycles. The molecule has 0 saturated carbocycles. The molecule has 5 nitrogen and oxygen atoms in total. The van der Waals surface area contributed by atoms with Crippen molar-refractivity contribution >= 4 is 5.97 Å². The van der Waals surface area contributed by atoms with Crippen LogP contribution in [-0.4, -0.2) is 45.5 Å². The molecule has 0 bridgehead atoms. The van der Waals surface area contributed by atoms with Crippen LogP contribution in [0.15, 0.2) is 24.3 Å². The summed E-state index contributed by atoms with van der Waals surface area (Å²) in [6.45, 7) is 3.38. The summed E-state index contributed by atoms with van der Waals surface area (Å²) in [4.78, 5) is 11.3. The average Bonchev–Trinajstić information content (AvgIpc) is 2.55. The van der Waals surface area contributed by atoms with Gasteiger partial charge in [0.25, 0.3) is 0 Å².